The van der Waals surface area contributed by atoms with Crippen LogP contribution in [0.4, 0.5) is 0 Å². The Hall–Kier alpha value is -4.07. The highest BCUT2D eigenvalue weighted by Crippen LogP contribution is 2.69. The fourth-order valence-corrected chi connectivity index (χ4v) is 16.2. The summed E-state index contributed by atoms with van der Waals surface area (Å²) in [4.78, 5) is 44.1. The molecular weight excluding hydrogens is 829 g/mol. The van der Waals surface area contributed by atoms with Crippen LogP contribution in [0, 0.1) is 45.3 Å². The SMILES string of the molecule is C[C@@H]1CC[C@H]2C(C)(C)[C@H](O)CC[C@]2(C)[C@]12Cc1c(O)cc3c(c1O2)CN(CCCC[C@H](C(=O)O)N1Cc2c(cc(O)c4c2O[C@@]2(C4)[C@@H](C)CC[C@@H]4C(C)(C)[C@@H](O)[C@H](O)C[C@]42C)C1=O)C3=O. The zero-order valence-electron chi connectivity index (χ0n) is 39.5. The normalized spacial score (nSPS) is 38.7. The smallest absolute Gasteiger partial charge is 0.326 e. The molecule has 4 heterocycles. The van der Waals surface area contributed by atoms with Gasteiger partial charge in [-0.1, -0.05) is 55.4 Å². The van der Waals surface area contributed by atoms with Gasteiger partial charge in [0.2, 0.25) is 0 Å². The number of phenols is 2. The van der Waals surface area contributed by atoms with Gasteiger partial charge in [-0.3, -0.25) is 9.59 Å². The number of rotatable bonds is 7. The predicted molar refractivity (Wildman–Crippen MR) is 240 cm³/mol. The number of aromatic hydroxyl groups is 2. The summed E-state index contributed by atoms with van der Waals surface area (Å²) >= 11 is 0. The molecule has 0 aromatic heterocycles. The molecule has 12 atom stereocenters. The van der Waals surface area contributed by atoms with E-state index in [2.05, 4.69) is 41.5 Å². The number of benzene rings is 2. The van der Waals surface area contributed by atoms with Crippen LogP contribution in [0.2, 0.25) is 0 Å². The number of nitrogens with zero attached hydrogens (tertiary/aromatic N) is 2. The Morgan fingerprint density at radius 2 is 1.26 bits per heavy atom. The lowest BCUT2D eigenvalue weighted by Crippen LogP contribution is -2.69. The van der Waals surface area contributed by atoms with E-state index < -0.39 is 58.3 Å². The molecule has 0 unspecified atom stereocenters. The van der Waals surface area contributed by atoms with Crippen molar-refractivity contribution in [1.82, 2.24) is 9.80 Å². The van der Waals surface area contributed by atoms with E-state index in [4.69, 9.17) is 9.47 Å². The topological polar surface area (TPSA) is 198 Å². The number of carboxylic acid groups (broad SMARTS) is 1. The Balaban J connectivity index is 0.834. The lowest BCUT2D eigenvalue weighted by atomic mass is 9.43. The highest BCUT2D eigenvalue weighted by molar-refractivity contribution is 6.02. The van der Waals surface area contributed by atoms with Gasteiger partial charge in [-0.25, -0.2) is 4.79 Å². The van der Waals surface area contributed by atoms with E-state index in [0.717, 1.165) is 43.2 Å². The Morgan fingerprint density at radius 1 is 0.723 bits per heavy atom. The van der Waals surface area contributed by atoms with Crippen LogP contribution in [0.5, 0.6) is 23.0 Å². The Kier molecular flexibility index (Phi) is 9.96. The first-order valence-electron chi connectivity index (χ1n) is 24.5. The van der Waals surface area contributed by atoms with E-state index >= 15 is 0 Å². The van der Waals surface area contributed by atoms with E-state index in [9.17, 15) is 45.0 Å². The number of aliphatic carboxylic acids is 1. The zero-order valence-corrected chi connectivity index (χ0v) is 39.5. The molecule has 0 radical (unpaired) electrons. The molecule has 65 heavy (non-hydrogen) atoms. The first kappa shape index (κ1) is 44.7. The number of carbonyl (C=O) groups excluding carboxylic acids is 2. The maximum atomic E-state index is 14.1. The Bertz CT molecular complexity index is 2380. The monoisotopic (exact) mass is 898 g/mol. The van der Waals surface area contributed by atoms with Gasteiger partial charge < -0.3 is 49.9 Å². The van der Waals surface area contributed by atoms with Crippen LogP contribution in [0.15, 0.2) is 12.1 Å². The number of hydrogen-bond acceptors (Lipinski definition) is 10. The number of carboxylic acids is 1. The molecule has 4 aliphatic carbocycles. The number of ether oxygens (including phenoxy) is 2. The van der Waals surface area contributed by atoms with E-state index in [1.165, 1.54) is 11.0 Å². The highest BCUT2D eigenvalue weighted by Gasteiger charge is 2.70. The maximum Gasteiger partial charge on any atom is 0.326 e. The van der Waals surface area contributed by atoms with E-state index in [1.807, 2.05) is 13.8 Å². The molecule has 4 fully saturated rings. The van der Waals surface area contributed by atoms with Gasteiger partial charge in [-0.2, -0.15) is 0 Å². The van der Waals surface area contributed by atoms with Crippen molar-refractivity contribution in [1.29, 1.82) is 0 Å². The molecule has 2 spiro atoms. The summed E-state index contributed by atoms with van der Waals surface area (Å²) in [5.74, 6) is -0.287. The molecule has 4 aliphatic heterocycles. The molecule has 4 saturated carbocycles. The van der Waals surface area contributed by atoms with Crippen LogP contribution in [-0.4, -0.2) is 100 Å². The average molecular weight is 899 g/mol. The zero-order chi connectivity index (χ0) is 46.7. The molecule has 2 aromatic carbocycles. The average Bonchev–Trinajstić information content (AvgIpc) is 4.01. The van der Waals surface area contributed by atoms with Crippen molar-refractivity contribution in [3.05, 3.63) is 45.5 Å². The summed E-state index contributed by atoms with van der Waals surface area (Å²) in [5.41, 5.74) is 0.244. The lowest BCUT2D eigenvalue weighted by Gasteiger charge is -2.64. The third kappa shape index (κ3) is 5.82. The van der Waals surface area contributed by atoms with Crippen LogP contribution in [-0.2, 0) is 30.7 Å². The number of unbranched alkanes of at least 4 members (excludes halogenated alkanes) is 1. The van der Waals surface area contributed by atoms with Gasteiger partial charge in [0.15, 0.2) is 0 Å². The van der Waals surface area contributed by atoms with Crippen LogP contribution in [0.1, 0.15) is 163 Å². The van der Waals surface area contributed by atoms with Gasteiger partial charge in [-0.15, -0.1) is 0 Å². The first-order valence-corrected chi connectivity index (χ1v) is 24.5. The number of aliphatic hydroxyl groups excluding tert-OH is 3. The Morgan fingerprint density at radius 3 is 1.85 bits per heavy atom. The van der Waals surface area contributed by atoms with Gasteiger partial charge >= 0.3 is 5.97 Å². The minimum absolute atomic E-state index is 0.0116. The molecule has 0 bridgehead atoms. The number of fused-ring (bicyclic) bond motifs is 10. The largest absolute Gasteiger partial charge is 0.508 e. The molecule has 13 heteroatoms. The van der Waals surface area contributed by atoms with Crippen LogP contribution in [0.25, 0.3) is 0 Å². The first-order chi connectivity index (χ1) is 30.4. The second-order valence-electron chi connectivity index (χ2n) is 23.6. The number of carbonyl (C=O) groups is 3. The third-order valence-corrected chi connectivity index (χ3v) is 20.1. The van der Waals surface area contributed by atoms with E-state index in [1.54, 1.807) is 11.0 Å². The van der Waals surface area contributed by atoms with Crippen LogP contribution < -0.4 is 9.47 Å². The number of amides is 2. The van der Waals surface area contributed by atoms with Gasteiger partial charge in [0.25, 0.3) is 11.8 Å². The predicted octanol–water partition coefficient (Wildman–Crippen LogP) is 7.12. The van der Waals surface area contributed by atoms with Crippen LogP contribution in [0.3, 0.4) is 0 Å². The van der Waals surface area contributed by atoms with Gasteiger partial charge in [-0.05, 0) is 111 Å². The summed E-state index contributed by atoms with van der Waals surface area (Å²) in [5, 5.41) is 67.0. The molecular formula is C52H70N2O11. The fourth-order valence-electron chi connectivity index (χ4n) is 16.2. The second kappa shape index (κ2) is 14.5. The van der Waals surface area contributed by atoms with Crippen molar-refractivity contribution in [2.45, 2.75) is 181 Å². The molecule has 354 valence electrons. The minimum atomic E-state index is -1.15. The van der Waals surface area contributed by atoms with Gasteiger partial charge in [0.1, 0.15) is 40.2 Å². The molecule has 8 aliphatic rings. The lowest BCUT2D eigenvalue weighted by molar-refractivity contribution is -0.240. The number of aliphatic hydroxyl groups is 3. The molecule has 0 saturated heterocycles. The van der Waals surface area contributed by atoms with E-state index in [0.29, 0.717) is 79.8 Å². The molecule has 2 amide bonds. The summed E-state index contributed by atoms with van der Waals surface area (Å²) in [6.07, 6.45) is 5.21. The standard InChI is InChI=1S/C52H70N2O11/c1-26-12-14-38-47(3,4)40(58)16-17-49(38,7)51(26)21-30-35(55)19-28-32(41(30)64-51)24-53(44(28)60)18-10-9-11-34(46(62)63)54-25-33-29(45(54)61)20-36(56)31-22-52(65-42(31)33)27(2)13-15-39-48(5,6)43(59)37(57)23-50(39,52)8/h19-20,26-27,34,37-40,43,55-59H,9-18,21-25H2,1-8H3,(H,62,63)/t26-,27+,34-,37-,38+,39-,40-,43+,49+,50-,51+,52+/m1/s1. The summed E-state index contributed by atoms with van der Waals surface area (Å²) in [6.45, 7) is 17.9. The van der Waals surface area contributed by atoms with Gasteiger partial charge in [0.05, 0.1) is 42.5 Å². The van der Waals surface area contributed by atoms with Crippen molar-refractivity contribution >= 4 is 17.8 Å². The van der Waals surface area contributed by atoms with Gasteiger partial charge in [0, 0.05) is 52.5 Å². The highest BCUT2D eigenvalue weighted by atomic mass is 16.5. The summed E-state index contributed by atoms with van der Waals surface area (Å²) in [6, 6.07) is 1.90. The molecule has 13 nitrogen and oxygen atoms in total. The third-order valence-electron chi connectivity index (χ3n) is 20.1. The fraction of sp³-hybridized carbons (Fsp3) is 0.712. The Labute approximate surface area is 382 Å². The van der Waals surface area contributed by atoms with Crippen molar-refractivity contribution in [2.75, 3.05) is 6.54 Å². The summed E-state index contributed by atoms with van der Waals surface area (Å²) < 4.78 is 14.3. The maximum absolute atomic E-state index is 14.1. The number of phenolic OH excluding ortho intramolecular Hbond substituents is 2. The van der Waals surface area contributed by atoms with E-state index in [-0.39, 0.29) is 70.4 Å². The quantitative estimate of drug-likeness (QED) is 0.155. The molecule has 2 aromatic rings. The summed E-state index contributed by atoms with van der Waals surface area (Å²) in [7, 11) is 0. The number of hydrogen-bond donors (Lipinski definition) is 6. The van der Waals surface area contributed by atoms with Crippen molar-refractivity contribution in [3.63, 3.8) is 0 Å². The molecule has 10 rings (SSSR count). The second-order valence-corrected chi connectivity index (χ2v) is 23.6. The van der Waals surface area contributed by atoms with Crippen molar-refractivity contribution in [2.24, 2.45) is 45.3 Å². The minimum Gasteiger partial charge on any atom is -0.508 e. The van der Waals surface area contributed by atoms with Crippen molar-refractivity contribution in [3.8, 4) is 23.0 Å². The van der Waals surface area contributed by atoms with Crippen molar-refractivity contribution < 1.29 is 54.5 Å². The van der Waals surface area contributed by atoms with Crippen LogP contribution >= 0.6 is 0 Å². The molecule has 6 N–H and O–H groups in total.